The van der Waals surface area contributed by atoms with E-state index in [1.165, 1.54) is 13.8 Å². The highest BCUT2D eigenvalue weighted by atomic mass is 32.1. The first kappa shape index (κ1) is 22.2. The van der Waals surface area contributed by atoms with Gasteiger partial charge in [-0.25, -0.2) is 0 Å². The largest absolute Gasteiger partial charge is 0.465 e. The zero-order valence-corrected chi connectivity index (χ0v) is 15.4. The van der Waals surface area contributed by atoms with Crippen LogP contribution in [0.3, 0.4) is 0 Å². The molecule has 0 aromatic rings. The van der Waals surface area contributed by atoms with E-state index in [4.69, 9.17) is 9.47 Å². The van der Waals surface area contributed by atoms with Gasteiger partial charge in [0.2, 0.25) is 5.91 Å². The minimum Gasteiger partial charge on any atom is -0.465 e. The monoisotopic (exact) mass is 362 g/mol. The molecule has 8 nitrogen and oxygen atoms in total. The number of hydrogen-bond acceptors (Lipinski definition) is 7. The van der Waals surface area contributed by atoms with Gasteiger partial charge in [0.15, 0.2) is 6.10 Å². The van der Waals surface area contributed by atoms with Gasteiger partial charge in [0.1, 0.15) is 6.61 Å². The van der Waals surface area contributed by atoms with Gasteiger partial charge in [-0.3, -0.25) is 19.2 Å². The first-order valence-corrected chi connectivity index (χ1v) is 8.19. The Bertz CT molecular complexity index is 467. The molecular weight excluding hydrogens is 336 g/mol. The van der Waals surface area contributed by atoms with E-state index >= 15 is 0 Å². The third kappa shape index (κ3) is 9.39. The van der Waals surface area contributed by atoms with E-state index in [2.05, 4.69) is 23.3 Å². The summed E-state index contributed by atoms with van der Waals surface area (Å²) in [5.41, 5.74) is -0.921. The fourth-order valence-corrected chi connectivity index (χ4v) is 1.88. The van der Waals surface area contributed by atoms with Gasteiger partial charge in [-0.15, -0.1) is 0 Å². The Morgan fingerprint density at radius 2 is 1.67 bits per heavy atom. The van der Waals surface area contributed by atoms with Gasteiger partial charge in [0, 0.05) is 44.5 Å². The van der Waals surface area contributed by atoms with E-state index in [-0.39, 0.29) is 25.5 Å². The van der Waals surface area contributed by atoms with Crippen molar-refractivity contribution in [2.24, 2.45) is 5.41 Å². The molecule has 24 heavy (non-hydrogen) atoms. The van der Waals surface area contributed by atoms with Crippen LogP contribution in [0.25, 0.3) is 0 Å². The molecule has 0 heterocycles. The molecule has 0 aromatic carbocycles. The van der Waals surface area contributed by atoms with Crippen LogP contribution >= 0.6 is 12.6 Å². The average Bonchev–Trinajstić information content (AvgIpc) is 2.48. The second-order valence-electron chi connectivity index (χ2n) is 5.87. The summed E-state index contributed by atoms with van der Waals surface area (Å²) in [6.07, 6.45) is -1.05. The molecule has 0 rings (SSSR count). The molecule has 0 spiro atoms. The van der Waals surface area contributed by atoms with Crippen LogP contribution in [-0.4, -0.2) is 55.3 Å². The van der Waals surface area contributed by atoms with E-state index in [1.807, 2.05) is 0 Å². The summed E-state index contributed by atoms with van der Waals surface area (Å²) in [4.78, 5) is 46.0. The van der Waals surface area contributed by atoms with Crippen molar-refractivity contribution < 1.29 is 28.7 Å². The van der Waals surface area contributed by atoms with Crippen LogP contribution in [0.1, 0.15) is 34.1 Å². The van der Waals surface area contributed by atoms with Crippen molar-refractivity contribution in [2.75, 3.05) is 25.4 Å². The number of carbonyl (C=O) groups is 4. The fourth-order valence-electron chi connectivity index (χ4n) is 1.77. The lowest BCUT2D eigenvalue weighted by Gasteiger charge is -2.31. The molecule has 0 aromatic heterocycles. The molecule has 0 fully saturated rings. The summed E-state index contributed by atoms with van der Waals surface area (Å²) in [6, 6.07) is 0. The zero-order chi connectivity index (χ0) is 18.8. The lowest BCUT2D eigenvalue weighted by Crippen LogP contribution is -2.49. The van der Waals surface area contributed by atoms with Gasteiger partial charge in [0.05, 0.1) is 0 Å². The normalized spacial score (nSPS) is 12.0. The summed E-state index contributed by atoms with van der Waals surface area (Å²) in [5, 5.41) is 5.17. The molecule has 0 bridgehead atoms. The SMILES string of the molecule is CC(=O)OCC(C)(C)[C@@H](OC(C)=O)C(=O)NCCC(=O)NCCS. The number of amides is 2. The molecule has 0 aliphatic heterocycles. The molecule has 9 heteroatoms. The van der Waals surface area contributed by atoms with Crippen molar-refractivity contribution in [1.29, 1.82) is 0 Å². The van der Waals surface area contributed by atoms with Crippen molar-refractivity contribution in [3.63, 3.8) is 0 Å². The Labute approximate surface area is 147 Å². The average molecular weight is 362 g/mol. The predicted octanol–water partition coefficient (Wildman–Crippen LogP) is 0.0597. The molecule has 0 saturated heterocycles. The molecule has 2 amide bonds. The van der Waals surface area contributed by atoms with Gasteiger partial charge in [-0.2, -0.15) is 12.6 Å². The van der Waals surface area contributed by atoms with E-state index in [9.17, 15) is 19.2 Å². The summed E-state index contributed by atoms with van der Waals surface area (Å²) in [7, 11) is 0. The third-order valence-electron chi connectivity index (χ3n) is 2.96. The van der Waals surface area contributed by atoms with E-state index in [0.29, 0.717) is 12.3 Å². The van der Waals surface area contributed by atoms with Crippen LogP contribution in [-0.2, 0) is 28.7 Å². The minimum absolute atomic E-state index is 0.0872. The lowest BCUT2D eigenvalue weighted by molar-refractivity contribution is -0.166. The van der Waals surface area contributed by atoms with Crippen LogP contribution < -0.4 is 10.6 Å². The van der Waals surface area contributed by atoms with Gasteiger partial charge < -0.3 is 20.1 Å². The van der Waals surface area contributed by atoms with E-state index in [0.717, 1.165) is 0 Å². The standard InChI is InChI=1S/C15H26N2O6S/c1-10(18)22-9-15(3,4)13(23-11(2)19)14(21)17-6-5-12(20)16-7-8-24/h13,24H,5-9H2,1-4H3,(H,16,20)(H,17,21)/t13-/m0/s1. The highest BCUT2D eigenvalue weighted by molar-refractivity contribution is 7.80. The Morgan fingerprint density at radius 3 is 2.17 bits per heavy atom. The van der Waals surface area contributed by atoms with Crippen molar-refractivity contribution in [3.05, 3.63) is 0 Å². The summed E-state index contributed by atoms with van der Waals surface area (Å²) in [6.45, 7) is 6.18. The van der Waals surface area contributed by atoms with Crippen molar-refractivity contribution >= 4 is 36.4 Å². The molecule has 0 radical (unpaired) electrons. The first-order chi connectivity index (χ1) is 11.1. The second kappa shape index (κ2) is 10.9. The number of rotatable bonds is 10. The smallest absolute Gasteiger partial charge is 0.303 e. The fraction of sp³-hybridized carbons (Fsp3) is 0.733. The lowest BCUT2D eigenvalue weighted by atomic mass is 9.86. The quantitative estimate of drug-likeness (QED) is 0.374. The van der Waals surface area contributed by atoms with Crippen molar-refractivity contribution in [2.45, 2.75) is 40.2 Å². The summed E-state index contributed by atoms with van der Waals surface area (Å²) in [5.74, 6) is -1.36. The number of esters is 2. The number of hydrogen-bond donors (Lipinski definition) is 3. The van der Waals surface area contributed by atoms with E-state index < -0.39 is 29.4 Å². The first-order valence-electron chi connectivity index (χ1n) is 7.56. The van der Waals surface area contributed by atoms with E-state index in [1.54, 1.807) is 13.8 Å². The van der Waals surface area contributed by atoms with Crippen molar-refractivity contribution in [1.82, 2.24) is 10.6 Å². The number of thiol groups is 1. The maximum absolute atomic E-state index is 12.3. The minimum atomic E-state index is -1.14. The summed E-state index contributed by atoms with van der Waals surface area (Å²) >= 11 is 3.97. The van der Waals surface area contributed by atoms with Gasteiger partial charge in [-0.05, 0) is 0 Å². The van der Waals surface area contributed by atoms with Crippen LogP contribution in [0.5, 0.6) is 0 Å². The Hall–Kier alpha value is -1.77. The zero-order valence-electron chi connectivity index (χ0n) is 14.5. The number of nitrogens with one attached hydrogen (secondary N) is 2. The molecule has 0 aliphatic carbocycles. The van der Waals surface area contributed by atoms with Crippen LogP contribution in [0.4, 0.5) is 0 Å². The maximum Gasteiger partial charge on any atom is 0.303 e. The third-order valence-corrected chi connectivity index (χ3v) is 3.19. The Balaban J connectivity index is 4.68. The second-order valence-corrected chi connectivity index (χ2v) is 6.32. The maximum atomic E-state index is 12.3. The van der Waals surface area contributed by atoms with Gasteiger partial charge in [-0.1, -0.05) is 13.8 Å². The Kier molecular flexibility index (Phi) is 10.1. The van der Waals surface area contributed by atoms with Crippen LogP contribution in [0, 0.1) is 5.41 Å². The molecule has 0 saturated carbocycles. The Morgan fingerprint density at radius 1 is 1.04 bits per heavy atom. The number of carbonyl (C=O) groups excluding carboxylic acids is 4. The molecule has 138 valence electrons. The molecule has 0 aliphatic rings. The molecule has 0 unspecified atom stereocenters. The molecule has 2 N–H and O–H groups in total. The predicted molar refractivity (Wildman–Crippen MR) is 90.5 cm³/mol. The highest BCUT2D eigenvalue weighted by Crippen LogP contribution is 2.24. The number of ether oxygens (including phenoxy) is 2. The highest BCUT2D eigenvalue weighted by Gasteiger charge is 2.39. The summed E-state index contributed by atoms with van der Waals surface area (Å²) < 4.78 is 10.0. The van der Waals surface area contributed by atoms with Gasteiger partial charge in [0.25, 0.3) is 5.91 Å². The van der Waals surface area contributed by atoms with Crippen molar-refractivity contribution in [3.8, 4) is 0 Å². The van der Waals surface area contributed by atoms with Crippen LogP contribution in [0.15, 0.2) is 0 Å². The molecule has 1 atom stereocenters. The topological polar surface area (TPSA) is 111 Å². The molecular formula is C15H26N2O6S. The van der Waals surface area contributed by atoms with Crippen LogP contribution in [0.2, 0.25) is 0 Å². The van der Waals surface area contributed by atoms with Gasteiger partial charge >= 0.3 is 11.9 Å².